The first-order valence-electron chi connectivity index (χ1n) is 22.9. The number of aromatic amines is 1. The van der Waals surface area contributed by atoms with Gasteiger partial charge in [-0.05, 0) is 104 Å². The molecule has 3 fully saturated rings. The summed E-state index contributed by atoms with van der Waals surface area (Å²) in [7, 11) is 0. The molecule has 5 aromatic rings. The fraction of sp³-hybridized carbons (Fsp3) is 0.392. The normalized spacial score (nSPS) is 19.5. The van der Waals surface area contributed by atoms with Crippen LogP contribution >= 0.6 is 0 Å². The van der Waals surface area contributed by atoms with Crippen molar-refractivity contribution in [1.82, 2.24) is 20.5 Å². The molecule has 2 unspecified atom stereocenters. The Morgan fingerprint density at radius 3 is 2.37 bits per heavy atom. The zero-order valence-electron chi connectivity index (χ0n) is 37.7. The summed E-state index contributed by atoms with van der Waals surface area (Å²) in [5.41, 5.74) is 2.49. The first-order valence-corrected chi connectivity index (χ1v) is 25.5. The molecule has 4 aliphatic heterocycles. The van der Waals surface area contributed by atoms with Gasteiger partial charge in [0.25, 0.3) is 0 Å². The van der Waals surface area contributed by atoms with Crippen molar-refractivity contribution in [3.63, 3.8) is 0 Å². The standard InChI is InChI=1S/C50H50F3N7O6.CH3.Sb/c51-50(52,53)49(66-44-7-2-1-5-37(44)43-27-38-33(29-54)4-3-6-41(38)56-43)18-23-60(24-19-49)48(64)40-28-46(62)57-42-14-12-35(26-39(40)42)65-25-20-55-30-31-16-21-59(22-17-31)34-10-8-32(9-11-34)36-13-15-45(61)58-47(36)63;;/h1-12,14,26-27,31,36,40,55-56H,13,15-25,28,30H2,(H,57,62)(H,58,61,63);1H3;. The van der Waals surface area contributed by atoms with Gasteiger partial charge in [0.15, 0.2) is 0 Å². The number of nitrogens with zero attached hydrogens (tertiary/aromatic N) is 3. The van der Waals surface area contributed by atoms with Crippen molar-refractivity contribution in [3.05, 3.63) is 108 Å². The molecule has 9 rings (SSSR count). The number of amides is 4. The summed E-state index contributed by atoms with van der Waals surface area (Å²) in [6.45, 7) is 3.14. The molecule has 0 saturated carbocycles. The Morgan fingerprint density at radius 2 is 1.65 bits per heavy atom. The molecule has 4 N–H and O–H groups in total. The summed E-state index contributed by atoms with van der Waals surface area (Å²) in [6, 6.07) is 28.8. The second kappa shape index (κ2) is 21.1. The van der Waals surface area contributed by atoms with Gasteiger partial charge in [0.05, 0.1) is 29.2 Å². The van der Waals surface area contributed by atoms with Crippen molar-refractivity contribution in [2.75, 3.05) is 56.1 Å². The molecular formula is C51H53F3N7O6Sb. The molecular weight excluding hydrogens is 985 g/mol. The monoisotopic (exact) mass is 1040 g/mol. The number of anilines is 2. The van der Waals surface area contributed by atoms with Crippen LogP contribution in [0.2, 0.25) is 4.87 Å². The van der Waals surface area contributed by atoms with Gasteiger partial charge in [-0.25, -0.2) is 0 Å². The van der Waals surface area contributed by atoms with Crippen LogP contribution in [0.3, 0.4) is 0 Å². The van der Waals surface area contributed by atoms with E-state index in [-0.39, 0.29) is 48.9 Å². The number of nitrogens with one attached hydrogen (secondary N) is 4. The number of hydrogen-bond acceptors (Lipinski definition) is 9. The Bertz CT molecular complexity index is 2690. The summed E-state index contributed by atoms with van der Waals surface area (Å²) >= 11 is 1.75. The van der Waals surface area contributed by atoms with Crippen LogP contribution in [0.1, 0.15) is 73.5 Å². The topological polar surface area (TPSA) is 169 Å². The summed E-state index contributed by atoms with van der Waals surface area (Å²) in [4.78, 5) is 59.8. The number of hydrogen-bond donors (Lipinski definition) is 4. The summed E-state index contributed by atoms with van der Waals surface area (Å²) in [5.74, 6) is -1.40. The number of likely N-dealkylation sites (tertiary alicyclic amines) is 1. The van der Waals surface area contributed by atoms with E-state index in [1.54, 1.807) is 83.7 Å². The number of para-hydroxylation sites is 1. The molecule has 2 atom stereocenters. The number of piperidine rings is 3. The maximum absolute atomic E-state index is 15.1. The number of halogens is 3. The Hall–Kier alpha value is -6.04. The minimum atomic E-state index is -4.77. The number of rotatable bonds is 12. The molecule has 0 aliphatic carbocycles. The predicted molar refractivity (Wildman–Crippen MR) is 253 cm³/mol. The van der Waals surface area contributed by atoms with Crippen molar-refractivity contribution < 1.29 is 41.8 Å². The maximum atomic E-state index is 15.1. The van der Waals surface area contributed by atoms with Gasteiger partial charge in [-0.15, -0.1) is 0 Å². The van der Waals surface area contributed by atoms with Crippen molar-refractivity contribution in [2.24, 2.45) is 5.92 Å². The third kappa shape index (κ3) is 10.5. The van der Waals surface area contributed by atoms with E-state index in [0.29, 0.717) is 76.6 Å². The third-order valence-corrected chi connectivity index (χ3v) is 13.5. The Labute approximate surface area is 406 Å². The first-order chi connectivity index (χ1) is 32.9. The molecule has 13 nitrogen and oxygen atoms in total. The fourth-order valence-corrected chi connectivity index (χ4v) is 9.76. The van der Waals surface area contributed by atoms with E-state index >= 15 is 13.2 Å². The van der Waals surface area contributed by atoms with Gasteiger partial charge in [0.1, 0.15) is 18.1 Å². The van der Waals surface area contributed by atoms with E-state index in [1.807, 2.05) is 12.1 Å². The van der Waals surface area contributed by atoms with Crippen LogP contribution in [0, 0.1) is 17.2 Å². The number of fused-ring (bicyclic) bond motifs is 2. The molecule has 68 heavy (non-hydrogen) atoms. The van der Waals surface area contributed by atoms with Crippen molar-refractivity contribution in [3.8, 4) is 28.8 Å². The average Bonchev–Trinajstić information content (AvgIpc) is 3.79. The molecule has 1 aromatic heterocycles. The number of benzene rings is 4. The molecule has 5 heterocycles. The van der Waals surface area contributed by atoms with Crippen molar-refractivity contribution >= 4 is 68.9 Å². The fourth-order valence-electron chi connectivity index (χ4n) is 9.76. The van der Waals surface area contributed by atoms with Gasteiger partial charge in [-0.2, -0.15) is 18.4 Å². The van der Waals surface area contributed by atoms with Crippen LogP contribution in [0.4, 0.5) is 24.5 Å². The molecule has 4 aromatic carbocycles. The first kappa shape index (κ1) is 48.4. The van der Waals surface area contributed by atoms with Gasteiger partial charge in [-0.3, -0.25) is 24.5 Å². The number of alkyl halides is 3. The number of carbonyl (C=O) groups is 4. The van der Waals surface area contributed by atoms with E-state index in [9.17, 15) is 24.4 Å². The van der Waals surface area contributed by atoms with Gasteiger partial charge in [-0.1, -0.05) is 30.3 Å². The number of imide groups is 1. The Morgan fingerprint density at radius 1 is 0.897 bits per heavy atom. The molecule has 4 aliphatic rings. The van der Waals surface area contributed by atoms with Gasteiger partial charge in [0, 0.05) is 86.2 Å². The van der Waals surface area contributed by atoms with Crippen LogP contribution in [0.25, 0.3) is 22.2 Å². The summed E-state index contributed by atoms with van der Waals surface area (Å²) < 4.78 is 57.3. The SMILES string of the molecule is N#Cc1cccc2[nH]c(-c3ccccc3OC3(C(F)(F)F)CCN(C(=O)C4CC(=O)Nc5ccc(OCCNCC6CCN(c7ccc(C8CCC(=O)NC8=O)cc7)CC6)cc54)CC3)cc12.[CH3][Sb]. The van der Waals surface area contributed by atoms with E-state index in [2.05, 4.69) is 48.9 Å². The Kier molecular flexibility index (Phi) is 15.0. The Balaban J connectivity index is 0.00000308. The van der Waals surface area contributed by atoms with Gasteiger partial charge < -0.3 is 34.9 Å². The van der Waals surface area contributed by atoms with Crippen LogP contribution < -0.4 is 30.3 Å². The second-order valence-electron chi connectivity index (χ2n) is 17.6. The van der Waals surface area contributed by atoms with E-state index < -0.39 is 36.4 Å². The van der Waals surface area contributed by atoms with Gasteiger partial charge in [0.2, 0.25) is 29.2 Å². The molecule has 4 amide bonds. The molecule has 0 bridgehead atoms. The quantitative estimate of drug-likeness (QED) is 0.0555. The van der Waals surface area contributed by atoms with Crippen molar-refractivity contribution in [2.45, 2.75) is 73.4 Å². The molecule has 354 valence electrons. The number of aromatic nitrogens is 1. The molecule has 2 radical (unpaired) electrons. The van der Waals surface area contributed by atoms with Crippen LogP contribution in [0.15, 0.2) is 91.0 Å². The number of nitriles is 1. The number of H-pyrrole nitrogens is 1. The molecule has 3 saturated heterocycles. The van der Waals surface area contributed by atoms with E-state index in [4.69, 9.17) is 9.47 Å². The second-order valence-corrected chi connectivity index (χ2v) is 17.6. The summed E-state index contributed by atoms with van der Waals surface area (Å²) in [6.07, 6.45) is -3.02. The summed E-state index contributed by atoms with van der Waals surface area (Å²) in [5, 5.41) is 19.0. The number of ether oxygens (including phenoxy) is 2. The van der Waals surface area contributed by atoms with Crippen LogP contribution in [-0.4, -0.2) is 114 Å². The third-order valence-electron chi connectivity index (χ3n) is 13.5. The van der Waals surface area contributed by atoms with Crippen LogP contribution in [-0.2, 0) is 19.2 Å². The average molecular weight is 1040 g/mol. The zero-order valence-corrected chi connectivity index (χ0v) is 40.2. The number of carbonyl (C=O) groups excluding carboxylic acids is 4. The molecule has 17 heteroatoms. The molecule has 0 spiro atoms. The van der Waals surface area contributed by atoms with Gasteiger partial charge >= 0.3 is 34.1 Å². The van der Waals surface area contributed by atoms with E-state index in [0.717, 1.165) is 43.7 Å². The minimum absolute atomic E-state index is 0.0233. The van der Waals surface area contributed by atoms with Crippen LogP contribution in [0.5, 0.6) is 11.5 Å². The zero-order chi connectivity index (χ0) is 48.0. The predicted octanol–water partition coefficient (Wildman–Crippen LogP) is 7.74. The van der Waals surface area contributed by atoms with E-state index in [1.165, 1.54) is 11.0 Å². The van der Waals surface area contributed by atoms with Crippen molar-refractivity contribution in [1.29, 1.82) is 5.26 Å².